The van der Waals surface area contributed by atoms with E-state index in [-0.39, 0.29) is 6.42 Å². The van der Waals surface area contributed by atoms with E-state index in [0.29, 0.717) is 0 Å². The van der Waals surface area contributed by atoms with Gasteiger partial charge in [-0.05, 0) is 6.42 Å². The van der Waals surface area contributed by atoms with E-state index in [1.165, 1.54) is 0 Å². The lowest BCUT2D eigenvalue weighted by molar-refractivity contribution is -0.220. The lowest BCUT2D eigenvalue weighted by Crippen LogP contribution is -2.21. The van der Waals surface area contributed by atoms with E-state index >= 15 is 0 Å². The Balaban J connectivity index is 3.64. The van der Waals surface area contributed by atoms with Crippen molar-refractivity contribution >= 4 is 0 Å². The van der Waals surface area contributed by atoms with Crippen molar-refractivity contribution in [1.82, 2.24) is 0 Å². The molecule has 0 radical (unpaired) electrons. The Labute approximate surface area is 61.7 Å². The van der Waals surface area contributed by atoms with Gasteiger partial charge >= 0.3 is 6.11 Å². The van der Waals surface area contributed by atoms with Gasteiger partial charge in [-0.15, -0.1) is 0 Å². The van der Waals surface area contributed by atoms with Crippen molar-refractivity contribution in [2.45, 2.75) is 12.5 Å². The molecule has 0 fully saturated rings. The van der Waals surface area contributed by atoms with Gasteiger partial charge in [0.1, 0.15) is 0 Å². The number of hydrogen-bond donors (Lipinski definition) is 0. The average Bonchev–Trinajstić information content (AvgIpc) is 1.88. The summed E-state index contributed by atoms with van der Waals surface area (Å²) in [5, 5.41) is 0. The summed E-state index contributed by atoms with van der Waals surface area (Å²) >= 11 is 0. The summed E-state index contributed by atoms with van der Waals surface area (Å²) in [6.45, 7) is 1.08. The van der Waals surface area contributed by atoms with E-state index in [4.69, 9.17) is 0 Å². The first-order valence-electron chi connectivity index (χ1n) is 2.93. The Bertz CT molecular complexity index is 135. The lowest BCUT2D eigenvalue weighted by atomic mass is 10.5. The van der Waals surface area contributed by atoms with Crippen molar-refractivity contribution in [3.63, 3.8) is 0 Å². The predicted octanol–water partition coefficient (Wildman–Crippen LogP) is 2.44. The van der Waals surface area contributed by atoms with Crippen molar-refractivity contribution in [1.29, 1.82) is 0 Å². The average molecular weight is 172 g/mol. The summed E-state index contributed by atoms with van der Waals surface area (Å²) in [6.07, 6.45) is -4.15. The second-order valence-corrected chi connectivity index (χ2v) is 1.81. The van der Waals surface area contributed by atoms with Crippen LogP contribution in [0.2, 0.25) is 0 Å². The predicted molar refractivity (Wildman–Crippen MR) is 31.7 cm³/mol. The molecule has 1 nitrogen and oxygen atoms in total. The Morgan fingerprint density at radius 1 is 1.45 bits per heavy atom. The first-order chi connectivity index (χ1) is 5.00. The first-order valence-corrected chi connectivity index (χ1v) is 2.93. The Morgan fingerprint density at radius 3 is 2.36 bits per heavy atom. The van der Waals surface area contributed by atoms with Crippen molar-refractivity contribution < 1.29 is 22.3 Å². The van der Waals surface area contributed by atoms with Crippen molar-refractivity contribution in [2.75, 3.05) is 13.3 Å². The highest BCUT2D eigenvalue weighted by atomic mass is 19.3. The molecule has 0 aliphatic carbocycles. The van der Waals surface area contributed by atoms with Gasteiger partial charge in [-0.1, -0.05) is 6.58 Å². The third-order valence-electron chi connectivity index (χ3n) is 0.877. The molecule has 0 atom stereocenters. The topological polar surface area (TPSA) is 9.23 Å². The van der Waals surface area contributed by atoms with Crippen LogP contribution in [0.25, 0.3) is 0 Å². The minimum Gasteiger partial charge on any atom is -0.315 e. The third kappa shape index (κ3) is 3.98. The standard InChI is InChI=1S/C6H8F4O/c1-5(8)6(9,10)11-4-2-3-7/h1-4H2. The van der Waals surface area contributed by atoms with Gasteiger partial charge in [0.25, 0.3) is 0 Å². The SMILES string of the molecule is C=C(F)C(F)(F)OCCCF. The van der Waals surface area contributed by atoms with E-state index in [1.807, 2.05) is 0 Å². The maximum atomic E-state index is 12.1. The molecule has 0 heterocycles. The summed E-state index contributed by atoms with van der Waals surface area (Å²) < 4.78 is 50.9. The number of ether oxygens (including phenoxy) is 1. The fourth-order valence-corrected chi connectivity index (χ4v) is 0.333. The van der Waals surface area contributed by atoms with Gasteiger partial charge in [0.15, 0.2) is 5.83 Å². The van der Waals surface area contributed by atoms with E-state index < -0.39 is 25.2 Å². The molecule has 0 aromatic heterocycles. The van der Waals surface area contributed by atoms with Crippen LogP contribution in [0.15, 0.2) is 12.4 Å². The summed E-state index contributed by atoms with van der Waals surface area (Å²) in [5.74, 6) is -1.86. The monoisotopic (exact) mass is 172 g/mol. The van der Waals surface area contributed by atoms with Gasteiger partial charge in [0.2, 0.25) is 0 Å². The largest absolute Gasteiger partial charge is 0.408 e. The molecule has 0 aromatic rings. The second kappa shape index (κ2) is 4.33. The molecule has 0 unspecified atom stereocenters. The zero-order valence-electron chi connectivity index (χ0n) is 5.75. The van der Waals surface area contributed by atoms with Crippen LogP contribution in [-0.2, 0) is 4.74 Å². The zero-order chi connectivity index (χ0) is 8.91. The van der Waals surface area contributed by atoms with Crippen molar-refractivity contribution in [3.05, 3.63) is 12.4 Å². The number of hydrogen-bond acceptors (Lipinski definition) is 1. The van der Waals surface area contributed by atoms with Crippen LogP contribution in [-0.4, -0.2) is 19.4 Å². The van der Waals surface area contributed by atoms with Crippen molar-refractivity contribution in [3.8, 4) is 0 Å². The summed E-state index contributed by atoms with van der Waals surface area (Å²) in [7, 11) is 0. The second-order valence-electron chi connectivity index (χ2n) is 1.81. The van der Waals surface area contributed by atoms with Crippen LogP contribution in [0.4, 0.5) is 17.6 Å². The van der Waals surface area contributed by atoms with Crippen LogP contribution >= 0.6 is 0 Å². The molecule has 0 aromatic carbocycles. The van der Waals surface area contributed by atoms with E-state index in [1.54, 1.807) is 0 Å². The smallest absolute Gasteiger partial charge is 0.315 e. The molecule has 0 amide bonds. The minimum absolute atomic E-state index is 0.178. The normalized spacial score (nSPS) is 11.6. The van der Waals surface area contributed by atoms with Crippen LogP contribution < -0.4 is 0 Å². The van der Waals surface area contributed by atoms with Gasteiger partial charge in [-0.25, -0.2) is 4.39 Å². The highest BCUT2D eigenvalue weighted by Crippen LogP contribution is 2.24. The molecule has 0 aliphatic rings. The van der Waals surface area contributed by atoms with Crippen LogP contribution in [0.5, 0.6) is 0 Å². The molecular formula is C6H8F4O. The third-order valence-corrected chi connectivity index (χ3v) is 0.877. The fourth-order valence-electron chi connectivity index (χ4n) is 0.333. The van der Waals surface area contributed by atoms with E-state index in [9.17, 15) is 17.6 Å². The summed E-state index contributed by atoms with van der Waals surface area (Å²) in [4.78, 5) is 0. The highest BCUT2D eigenvalue weighted by molar-refractivity contribution is 4.90. The van der Waals surface area contributed by atoms with Gasteiger partial charge in [-0.3, -0.25) is 4.39 Å². The molecule has 11 heavy (non-hydrogen) atoms. The van der Waals surface area contributed by atoms with Crippen LogP contribution in [0.1, 0.15) is 6.42 Å². The van der Waals surface area contributed by atoms with Crippen LogP contribution in [0, 0.1) is 0 Å². The summed E-state index contributed by atoms with van der Waals surface area (Å²) in [5.41, 5.74) is 0. The molecule has 0 saturated carbocycles. The molecule has 5 heteroatoms. The number of alkyl halides is 3. The Morgan fingerprint density at radius 2 is 2.00 bits per heavy atom. The fraction of sp³-hybridized carbons (Fsp3) is 0.667. The molecule has 0 spiro atoms. The minimum atomic E-state index is -3.98. The first kappa shape index (κ1) is 10.4. The molecule has 0 N–H and O–H groups in total. The lowest BCUT2D eigenvalue weighted by Gasteiger charge is -2.12. The molecule has 0 bridgehead atoms. The maximum absolute atomic E-state index is 12.1. The molecule has 0 saturated heterocycles. The van der Waals surface area contributed by atoms with Gasteiger partial charge in [-0.2, -0.15) is 8.78 Å². The Kier molecular flexibility index (Phi) is 4.10. The van der Waals surface area contributed by atoms with Gasteiger partial charge in [0.05, 0.1) is 13.3 Å². The van der Waals surface area contributed by atoms with E-state index in [2.05, 4.69) is 11.3 Å². The van der Waals surface area contributed by atoms with Gasteiger partial charge < -0.3 is 4.74 Å². The number of halogens is 4. The van der Waals surface area contributed by atoms with Crippen LogP contribution in [0.3, 0.4) is 0 Å². The molecule has 0 rings (SSSR count). The quantitative estimate of drug-likeness (QED) is 0.457. The Hall–Kier alpha value is -0.580. The van der Waals surface area contributed by atoms with Gasteiger partial charge in [0, 0.05) is 0 Å². The maximum Gasteiger partial charge on any atom is 0.408 e. The molecule has 66 valence electrons. The molecule has 0 aliphatic heterocycles. The zero-order valence-corrected chi connectivity index (χ0v) is 5.75. The van der Waals surface area contributed by atoms with Crippen molar-refractivity contribution in [2.24, 2.45) is 0 Å². The highest BCUT2D eigenvalue weighted by Gasteiger charge is 2.34. The number of rotatable bonds is 5. The summed E-state index contributed by atoms with van der Waals surface area (Å²) in [6, 6.07) is 0. The molecular weight excluding hydrogens is 164 g/mol. The van der Waals surface area contributed by atoms with E-state index in [0.717, 1.165) is 0 Å².